The lowest BCUT2D eigenvalue weighted by atomic mass is 10.0. The highest BCUT2D eigenvalue weighted by Crippen LogP contribution is 2.22. The number of carbonyl (C=O) groups excluding carboxylic acids is 2. The Labute approximate surface area is 244 Å². The number of benzene rings is 3. The normalized spacial score (nSPS) is 12.8. The summed E-state index contributed by atoms with van der Waals surface area (Å²) in [6, 6.07) is 22.2. The minimum Gasteiger partial charge on any atom is -0.352 e. The molecule has 0 heterocycles. The molecule has 2 amide bonds. The summed E-state index contributed by atoms with van der Waals surface area (Å²) in [5, 5.41) is 3.46. The fourth-order valence-corrected chi connectivity index (χ4v) is 5.24. The molecule has 0 aliphatic carbocycles. The molecule has 39 heavy (non-hydrogen) atoms. The summed E-state index contributed by atoms with van der Waals surface area (Å²) in [6.45, 7) is 3.52. The second-order valence-corrected chi connectivity index (χ2v) is 12.7. The molecule has 3 rings (SSSR count). The molecule has 0 unspecified atom stereocenters. The molecule has 0 saturated carbocycles. The van der Waals surface area contributed by atoms with Gasteiger partial charge in [0.25, 0.3) is 0 Å². The van der Waals surface area contributed by atoms with Gasteiger partial charge in [0.2, 0.25) is 21.8 Å². The third-order valence-corrected chi connectivity index (χ3v) is 8.25. The van der Waals surface area contributed by atoms with Crippen LogP contribution in [0.1, 0.15) is 31.4 Å². The van der Waals surface area contributed by atoms with Gasteiger partial charge in [-0.3, -0.25) is 13.9 Å². The van der Waals surface area contributed by atoms with E-state index in [-0.39, 0.29) is 24.9 Å². The van der Waals surface area contributed by atoms with Gasteiger partial charge in [-0.15, -0.1) is 0 Å². The molecule has 0 aliphatic rings. The first kappa shape index (κ1) is 30.7. The van der Waals surface area contributed by atoms with Gasteiger partial charge < -0.3 is 10.2 Å². The van der Waals surface area contributed by atoms with Crippen LogP contribution in [0.2, 0.25) is 5.02 Å². The summed E-state index contributed by atoms with van der Waals surface area (Å²) < 4.78 is 27.5. The van der Waals surface area contributed by atoms with Gasteiger partial charge >= 0.3 is 0 Å². The first-order valence-electron chi connectivity index (χ1n) is 12.6. The molecule has 0 fully saturated rings. The zero-order chi connectivity index (χ0) is 28.6. The van der Waals surface area contributed by atoms with Crippen LogP contribution in [0.15, 0.2) is 83.3 Å². The maximum atomic E-state index is 14.0. The topological polar surface area (TPSA) is 86.8 Å². The third kappa shape index (κ3) is 9.08. The van der Waals surface area contributed by atoms with Crippen molar-refractivity contribution in [3.05, 3.63) is 99.5 Å². The molecule has 0 radical (unpaired) electrons. The van der Waals surface area contributed by atoms with E-state index in [1.807, 2.05) is 68.4 Å². The van der Waals surface area contributed by atoms with Crippen molar-refractivity contribution in [2.24, 2.45) is 0 Å². The first-order valence-corrected chi connectivity index (χ1v) is 15.6. The zero-order valence-corrected chi connectivity index (χ0v) is 25.3. The lowest BCUT2D eigenvalue weighted by molar-refractivity contribution is -0.140. The van der Waals surface area contributed by atoms with Crippen LogP contribution in [0.25, 0.3) is 0 Å². The summed E-state index contributed by atoms with van der Waals surface area (Å²) >= 11 is 9.43. The molecule has 0 bridgehead atoms. The van der Waals surface area contributed by atoms with Crippen molar-refractivity contribution in [3.8, 4) is 0 Å². The summed E-state index contributed by atoms with van der Waals surface area (Å²) in [5.74, 6) is -0.797. The Kier molecular flexibility index (Phi) is 11.0. The number of hydrogen-bond acceptors (Lipinski definition) is 4. The number of carbonyl (C=O) groups is 2. The van der Waals surface area contributed by atoms with Crippen LogP contribution < -0.4 is 9.62 Å². The predicted molar refractivity (Wildman–Crippen MR) is 160 cm³/mol. The minimum absolute atomic E-state index is 0.0954. The number of sulfonamides is 1. The number of rotatable bonds is 12. The van der Waals surface area contributed by atoms with E-state index < -0.39 is 28.5 Å². The Morgan fingerprint density at radius 2 is 1.56 bits per heavy atom. The van der Waals surface area contributed by atoms with E-state index in [9.17, 15) is 18.0 Å². The molecular formula is C29H33BrClN3O4S. The van der Waals surface area contributed by atoms with Crippen molar-refractivity contribution < 1.29 is 18.0 Å². The summed E-state index contributed by atoms with van der Waals surface area (Å²) in [5.41, 5.74) is 1.99. The molecule has 3 aromatic carbocycles. The highest BCUT2D eigenvalue weighted by Gasteiger charge is 2.33. The summed E-state index contributed by atoms with van der Waals surface area (Å²) in [7, 11) is -3.83. The molecule has 208 valence electrons. The second-order valence-electron chi connectivity index (χ2n) is 9.42. The van der Waals surface area contributed by atoms with Gasteiger partial charge in [0.15, 0.2) is 0 Å². The van der Waals surface area contributed by atoms with Crippen LogP contribution in [-0.2, 0) is 32.6 Å². The maximum Gasteiger partial charge on any atom is 0.244 e. The number of amides is 2. The summed E-state index contributed by atoms with van der Waals surface area (Å²) in [4.78, 5) is 29.1. The maximum absolute atomic E-state index is 14.0. The number of halogens is 2. The van der Waals surface area contributed by atoms with E-state index in [4.69, 9.17) is 11.6 Å². The van der Waals surface area contributed by atoms with Crippen LogP contribution in [0, 0.1) is 0 Å². The zero-order valence-electron chi connectivity index (χ0n) is 22.2. The molecule has 0 saturated heterocycles. The highest BCUT2D eigenvalue weighted by molar-refractivity contribution is 9.10. The largest absolute Gasteiger partial charge is 0.352 e. The molecule has 0 aromatic heterocycles. The van der Waals surface area contributed by atoms with Crippen molar-refractivity contribution in [3.63, 3.8) is 0 Å². The Bertz CT molecular complexity index is 1350. The van der Waals surface area contributed by atoms with Crippen LogP contribution in [0.4, 0.5) is 5.69 Å². The Morgan fingerprint density at radius 1 is 0.949 bits per heavy atom. The molecule has 10 heteroatoms. The van der Waals surface area contributed by atoms with Gasteiger partial charge in [-0.25, -0.2) is 8.42 Å². The standard InChI is InChI=1S/C29H33BrClN3O4S/c1-4-21(2)32-29(36)27(18-22-8-6-5-7-9-22)33(19-23-10-12-24(30)13-11-23)28(35)20-34(39(3,37)38)26-16-14-25(31)15-17-26/h5-17,21,27H,4,18-20H2,1-3H3,(H,32,36)/t21-,27-/m1/s1. The molecule has 1 N–H and O–H groups in total. The summed E-state index contributed by atoms with van der Waals surface area (Å²) in [6.07, 6.45) is 2.04. The van der Waals surface area contributed by atoms with Crippen LogP contribution in [0.3, 0.4) is 0 Å². The SMILES string of the molecule is CC[C@@H](C)NC(=O)[C@@H](Cc1ccccc1)N(Cc1ccc(Br)cc1)C(=O)CN(c1ccc(Cl)cc1)S(C)(=O)=O. The molecule has 0 aliphatic heterocycles. The Morgan fingerprint density at radius 3 is 2.13 bits per heavy atom. The van der Waals surface area contributed by atoms with Crippen molar-refractivity contribution in [1.29, 1.82) is 0 Å². The monoisotopic (exact) mass is 633 g/mol. The predicted octanol–water partition coefficient (Wildman–Crippen LogP) is 5.42. The van der Waals surface area contributed by atoms with Crippen LogP contribution in [-0.4, -0.2) is 50.0 Å². The van der Waals surface area contributed by atoms with E-state index in [1.54, 1.807) is 24.3 Å². The van der Waals surface area contributed by atoms with Crippen molar-refractivity contribution in [1.82, 2.24) is 10.2 Å². The minimum atomic E-state index is -3.83. The van der Waals surface area contributed by atoms with Crippen LogP contribution >= 0.6 is 27.5 Å². The lowest BCUT2D eigenvalue weighted by Gasteiger charge is -2.34. The smallest absolute Gasteiger partial charge is 0.244 e. The molecule has 2 atom stereocenters. The van der Waals surface area contributed by atoms with Gasteiger partial charge in [-0.2, -0.15) is 0 Å². The molecule has 3 aromatic rings. The van der Waals surface area contributed by atoms with E-state index in [1.165, 1.54) is 4.90 Å². The fraction of sp³-hybridized carbons (Fsp3) is 0.310. The number of hydrogen-bond donors (Lipinski definition) is 1. The third-order valence-electron chi connectivity index (χ3n) is 6.33. The van der Waals surface area contributed by atoms with E-state index >= 15 is 0 Å². The quantitative estimate of drug-likeness (QED) is 0.288. The van der Waals surface area contributed by atoms with Gasteiger partial charge in [0.05, 0.1) is 11.9 Å². The highest BCUT2D eigenvalue weighted by atomic mass is 79.9. The number of nitrogens with zero attached hydrogens (tertiary/aromatic N) is 2. The van der Waals surface area contributed by atoms with Gasteiger partial charge in [-0.05, 0) is 60.9 Å². The van der Waals surface area contributed by atoms with Crippen molar-refractivity contribution in [2.75, 3.05) is 17.1 Å². The Balaban J connectivity index is 2.04. The van der Waals surface area contributed by atoms with E-state index in [0.29, 0.717) is 10.7 Å². The first-order chi connectivity index (χ1) is 18.5. The Hall–Kier alpha value is -2.88. The second kappa shape index (κ2) is 14.0. The van der Waals surface area contributed by atoms with Crippen molar-refractivity contribution in [2.45, 2.75) is 45.3 Å². The van der Waals surface area contributed by atoms with Gasteiger partial charge in [0, 0.05) is 28.5 Å². The molecule has 7 nitrogen and oxygen atoms in total. The van der Waals surface area contributed by atoms with E-state index in [2.05, 4.69) is 21.2 Å². The average molecular weight is 635 g/mol. The average Bonchev–Trinajstić information content (AvgIpc) is 2.90. The fourth-order valence-electron chi connectivity index (χ4n) is 4.00. The number of nitrogens with one attached hydrogen (secondary N) is 1. The van der Waals surface area contributed by atoms with Gasteiger partial charge in [-0.1, -0.05) is 76.9 Å². The number of anilines is 1. The van der Waals surface area contributed by atoms with Gasteiger partial charge in [0.1, 0.15) is 12.6 Å². The van der Waals surface area contributed by atoms with Crippen molar-refractivity contribution >= 4 is 55.1 Å². The molecule has 0 spiro atoms. The molecular weight excluding hydrogens is 602 g/mol. The van der Waals surface area contributed by atoms with E-state index in [0.717, 1.165) is 32.6 Å². The lowest BCUT2D eigenvalue weighted by Crippen LogP contribution is -2.54. The van der Waals surface area contributed by atoms with Crippen LogP contribution in [0.5, 0.6) is 0 Å².